The van der Waals surface area contributed by atoms with Crippen LogP contribution in [0, 0.1) is 6.92 Å². The molecule has 2 aliphatic heterocycles. The molecule has 45 heavy (non-hydrogen) atoms. The number of carbonyl (C=O) groups excluding carboxylic acids is 2. The van der Waals surface area contributed by atoms with Gasteiger partial charge in [-0.15, -0.1) is 0 Å². The Labute approximate surface area is 270 Å². The standard InChI is InChI=1S/C32H33ClN8O3S/c1-5-27(42)40-13-14-41-21(18-40)11-12-39(3)24-15-20(16-34-30(24)41)23-9-10-25(44-4)29(36-23)38-32-35-17-26(45-32)31(43)37-28-19(2)7-6-8-22(28)33/h5-10,15-17,21H,1,11-14,18H2,2-4H3,(H,37,43)(H,35,36,38)/t21-/m1/s1. The van der Waals surface area contributed by atoms with Crippen LogP contribution in [0.5, 0.6) is 5.75 Å². The number of aryl methyl sites for hydroxylation is 1. The van der Waals surface area contributed by atoms with Crippen LogP contribution in [-0.2, 0) is 4.79 Å². The second kappa shape index (κ2) is 12.7. The first kappa shape index (κ1) is 30.4. The summed E-state index contributed by atoms with van der Waals surface area (Å²) in [5, 5.41) is 7.06. The molecule has 1 fully saturated rings. The number of anilines is 5. The Bertz CT molecular complexity index is 1760. The fourth-order valence-electron chi connectivity index (χ4n) is 5.63. The van der Waals surface area contributed by atoms with Gasteiger partial charge in [-0.2, -0.15) is 0 Å². The van der Waals surface area contributed by atoms with E-state index in [4.69, 9.17) is 26.3 Å². The molecule has 0 radical (unpaired) electrons. The summed E-state index contributed by atoms with van der Waals surface area (Å²) in [7, 11) is 3.64. The maximum Gasteiger partial charge on any atom is 0.267 e. The summed E-state index contributed by atoms with van der Waals surface area (Å²) in [5.74, 6) is 1.56. The molecule has 0 aliphatic carbocycles. The van der Waals surface area contributed by atoms with E-state index in [9.17, 15) is 9.59 Å². The minimum atomic E-state index is -0.304. The smallest absolute Gasteiger partial charge is 0.267 e. The van der Waals surface area contributed by atoms with Gasteiger partial charge >= 0.3 is 0 Å². The minimum absolute atomic E-state index is 0.0322. The molecule has 0 unspecified atom stereocenters. The van der Waals surface area contributed by atoms with Crippen molar-refractivity contribution in [2.24, 2.45) is 0 Å². The molecule has 2 N–H and O–H groups in total. The fraction of sp³-hybridized carbons (Fsp3) is 0.281. The number of rotatable bonds is 7. The van der Waals surface area contributed by atoms with Crippen LogP contribution in [-0.4, -0.2) is 78.0 Å². The summed E-state index contributed by atoms with van der Waals surface area (Å²) in [6.45, 7) is 8.34. The fourth-order valence-corrected chi connectivity index (χ4v) is 6.61. The molecule has 3 aromatic heterocycles. The molecular formula is C32H33ClN8O3S. The number of methoxy groups -OCH3 is 1. The number of para-hydroxylation sites is 1. The summed E-state index contributed by atoms with van der Waals surface area (Å²) in [6, 6.07) is 11.5. The number of amides is 2. The Kier molecular flexibility index (Phi) is 8.59. The van der Waals surface area contributed by atoms with E-state index in [1.165, 1.54) is 23.6 Å². The molecule has 5 heterocycles. The topological polar surface area (TPSA) is 116 Å². The first-order valence-electron chi connectivity index (χ1n) is 14.5. The van der Waals surface area contributed by atoms with Gasteiger partial charge in [-0.1, -0.05) is 41.6 Å². The molecule has 13 heteroatoms. The van der Waals surface area contributed by atoms with E-state index in [0.717, 1.165) is 35.6 Å². The van der Waals surface area contributed by atoms with Crippen LogP contribution < -0.4 is 25.2 Å². The second-order valence-electron chi connectivity index (χ2n) is 10.9. The van der Waals surface area contributed by atoms with Crippen molar-refractivity contribution in [3.63, 3.8) is 0 Å². The van der Waals surface area contributed by atoms with Gasteiger partial charge in [0.2, 0.25) is 5.91 Å². The van der Waals surface area contributed by atoms with E-state index in [2.05, 4.69) is 45.1 Å². The molecule has 4 aromatic rings. The number of nitrogens with zero attached hydrogens (tertiary/aromatic N) is 6. The number of nitrogens with one attached hydrogen (secondary N) is 2. The van der Waals surface area contributed by atoms with Gasteiger partial charge < -0.3 is 30.1 Å². The van der Waals surface area contributed by atoms with Crippen LogP contribution in [0.15, 0.2) is 61.4 Å². The lowest BCUT2D eigenvalue weighted by molar-refractivity contribution is -0.126. The van der Waals surface area contributed by atoms with Crippen LogP contribution >= 0.6 is 22.9 Å². The van der Waals surface area contributed by atoms with Gasteiger partial charge in [-0.3, -0.25) is 9.59 Å². The van der Waals surface area contributed by atoms with Gasteiger partial charge in [0.1, 0.15) is 4.88 Å². The van der Waals surface area contributed by atoms with Gasteiger partial charge in [0.05, 0.1) is 35.4 Å². The number of hydrogen-bond donors (Lipinski definition) is 2. The molecule has 232 valence electrons. The summed E-state index contributed by atoms with van der Waals surface area (Å²) in [4.78, 5) is 46.2. The Balaban J connectivity index is 1.23. The molecular weight excluding hydrogens is 612 g/mol. The molecule has 0 bridgehead atoms. The van der Waals surface area contributed by atoms with Crippen molar-refractivity contribution in [2.75, 3.05) is 60.8 Å². The Hall–Kier alpha value is -4.68. The average molecular weight is 645 g/mol. The first-order chi connectivity index (χ1) is 21.7. The van der Waals surface area contributed by atoms with Crippen LogP contribution in [0.2, 0.25) is 5.02 Å². The predicted octanol–water partition coefficient (Wildman–Crippen LogP) is 5.61. The molecule has 1 saturated heterocycles. The maximum absolute atomic E-state index is 13.0. The van der Waals surface area contributed by atoms with E-state index >= 15 is 0 Å². The predicted molar refractivity (Wildman–Crippen MR) is 179 cm³/mol. The third-order valence-corrected chi connectivity index (χ3v) is 9.31. The van der Waals surface area contributed by atoms with E-state index < -0.39 is 0 Å². The van der Waals surface area contributed by atoms with E-state index in [0.29, 0.717) is 57.6 Å². The van der Waals surface area contributed by atoms with Gasteiger partial charge in [0.15, 0.2) is 22.5 Å². The summed E-state index contributed by atoms with van der Waals surface area (Å²) >= 11 is 7.49. The zero-order valence-electron chi connectivity index (χ0n) is 25.2. The third kappa shape index (κ3) is 6.16. The van der Waals surface area contributed by atoms with Crippen molar-refractivity contribution >= 4 is 62.9 Å². The molecule has 2 aliphatic rings. The minimum Gasteiger partial charge on any atom is -0.493 e. The SMILES string of the molecule is C=CC(=O)N1CCN2c3ncc(-c4ccc(OC)c(Nc5ncc(C(=O)Nc6c(C)cccc6Cl)s5)n4)cc3N(C)CC[C@@H]2C1. The number of carbonyl (C=O) groups is 2. The molecule has 0 saturated carbocycles. The Morgan fingerprint density at radius 3 is 2.78 bits per heavy atom. The largest absolute Gasteiger partial charge is 0.493 e. The lowest BCUT2D eigenvalue weighted by atomic mass is 10.1. The number of thiazole rings is 1. The molecule has 0 spiro atoms. The number of halogens is 1. The normalized spacial score (nSPS) is 15.9. The summed E-state index contributed by atoms with van der Waals surface area (Å²) in [6.07, 6.45) is 5.63. The summed E-state index contributed by atoms with van der Waals surface area (Å²) in [5.41, 5.74) is 4.00. The van der Waals surface area contributed by atoms with Gasteiger partial charge in [0, 0.05) is 51.0 Å². The summed E-state index contributed by atoms with van der Waals surface area (Å²) < 4.78 is 5.58. The van der Waals surface area contributed by atoms with Crippen LogP contribution in [0.3, 0.4) is 0 Å². The van der Waals surface area contributed by atoms with Crippen molar-refractivity contribution in [3.8, 4) is 17.0 Å². The van der Waals surface area contributed by atoms with Gasteiger partial charge in [0.25, 0.3) is 5.91 Å². The zero-order valence-corrected chi connectivity index (χ0v) is 26.8. The van der Waals surface area contributed by atoms with Crippen LogP contribution in [0.25, 0.3) is 11.3 Å². The van der Waals surface area contributed by atoms with Crippen molar-refractivity contribution in [1.29, 1.82) is 0 Å². The van der Waals surface area contributed by atoms with Crippen molar-refractivity contribution in [1.82, 2.24) is 19.9 Å². The first-order valence-corrected chi connectivity index (χ1v) is 15.7. The Morgan fingerprint density at radius 1 is 1.16 bits per heavy atom. The van der Waals surface area contributed by atoms with Gasteiger partial charge in [-0.25, -0.2) is 15.0 Å². The second-order valence-corrected chi connectivity index (χ2v) is 12.3. The molecule has 2 amide bonds. The average Bonchev–Trinajstić information content (AvgIpc) is 3.48. The number of aromatic nitrogens is 3. The molecule has 1 aromatic carbocycles. The lowest BCUT2D eigenvalue weighted by Gasteiger charge is -2.41. The van der Waals surface area contributed by atoms with E-state index in [-0.39, 0.29) is 17.9 Å². The highest BCUT2D eigenvalue weighted by Crippen LogP contribution is 2.38. The number of fused-ring (bicyclic) bond motifs is 3. The quantitative estimate of drug-likeness (QED) is 0.248. The van der Waals surface area contributed by atoms with Crippen LogP contribution in [0.4, 0.5) is 28.1 Å². The van der Waals surface area contributed by atoms with Crippen molar-refractivity contribution < 1.29 is 14.3 Å². The molecule has 6 rings (SSSR count). The number of pyridine rings is 2. The van der Waals surface area contributed by atoms with Crippen molar-refractivity contribution in [3.05, 3.63) is 76.9 Å². The number of ether oxygens (including phenoxy) is 1. The number of benzene rings is 1. The van der Waals surface area contributed by atoms with Crippen molar-refractivity contribution in [2.45, 2.75) is 19.4 Å². The van der Waals surface area contributed by atoms with Crippen LogP contribution in [0.1, 0.15) is 21.7 Å². The number of piperazine rings is 1. The highest BCUT2D eigenvalue weighted by Gasteiger charge is 2.34. The highest BCUT2D eigenvalue weighted by atomic mass is 35.5. The lowest BCUT2D eigenvalue weighted by Crippen LogP contribution is -2.54. The number of hydrogen-bond acceptors (Lipinski definition) is 10. The molecule has 11 nitrogen and oxygen atoms in total. The highest BCUT2D eigenvalue weighted by molar-refractivity contribution is 7.17. The van der Waals surface area contributed by atoms with Gasteiger partial charge in [-0.05, 0) is 49.2 Å². The zero-order chi connectivity index (χ0) is 31.7. The monoisotopic (exact) mass is 644 g/mol. The molecule has 1 atom stereocenters. The van der Waals surface area contributed by atoms with E-state index in [1.54, 1.807) is 13.2 Å². The Morgan fingerprint density at radius 2 is 2.00 bits per heavy atom. The third-order valence-electron chi connectivity index (χ3n) is 8.09. The maximum atomic E-state index is 13.0. The van der Waals surface area contributed by atoms with E-state index in [1.807, 2.05) is 42.3 Å².